The second-order valence-corrected chi connectivity index (χ2v) is 10.2. The summed E-state index contributed by atoms with van der Waals surface area (Å²) >= 11 is 1.24. The van der Waals surface area contributed by atoms with Crippen LogP contribution in [0.3, 0.4) is 0 Å². The molecule has 1 aliphatic heterocycles. The first-order chi connectivity index (χ1) is 18.5. The number of fused-ring (bicyclic) bond motifs is 1. The van der Waals surface area contributed by atoms with E-state index in [1.807, 2.05) is 0 Å². The second-order valence-electron chi connectivity index (χ2n) is 9.27. The highest BCUT2D eigenvalue weighted by atomic mass is 32.1. The van der Waals surface area contributed by atoms with Crippen molar-refractivity contribution < 1.29 is 37.3 Å². The lowest BCUT2D eigenvalue weighted by atomic mass is 10.0. The van der Waals surface area contributed by atoms with Crippen LogP contribution >= 0.6 is 11.3 Å². The van der Waals surface area contributed by atoms with Gasteiger partial charge in [0, 0.05) is 28.9 Å². The summed E-state index contributed by atoms with van der Waals surface area (Å²) in [6.07, 6.45) is -3.06. The molecule has 5 rings (SSSR count). The number of aromatic nitrogens is 3. The summed E-state index contributed by atoms with van der Waals surface area (Å²) in [5, 5.41) is 23.6. The number of hydrogen-bond donors (Lipinski definition) is 3. The molecule has 0 unspecified atom stereocenters. The van der Waals surface area contributed by atoms with Gasteiger partial charge in [-0.15, -0.1) is 11.3 Å². The molecule has 1 amide bonds. The Bertz CT molecular complexity index is 1520. The lowest BCUT2D eigenvalue weighted by Gasteiger charge is -2.23. The minimum Gasteiger partial charge on any atom is -0.494 e. The van der Waals surface area contributed by atoms with Crippen molar-refractivity contribution in [3.63, 3.8) is 0 Å². The van der Waals surface area contributed by atoms with Gasteiger partial charge in [-0.05, 0) is 31.2 Å². The Kier molecular flexibility index (Phi) is 6.83. The van der Waals surface area contributed by atoms with Crippen LogP contribution in [-0.2, 0) is 11.8 Å². The molecule has 4 aromatic rings. The SMILES string of the molecule is COc1ccc(-c2nc(C(=O)N3C[C@](O)(c4nccs4)C[C@H]3CO)c([C@H](C)N)o2)c2ccc(C(F)(F)F)nc12. The smallest absolute Gasteiger partial charge is 0.433 e. The topological polar surface area (TPSA) is 148 Å². The molecule has 1 aromatic carbocycles. The molecule has 0 saturated carbocycles. The van der Waals surface area contributed by atoms with E-state index in [0.717, 1.165) is 6.07 Å². The number of thiazole rings is 1. The van der Waals surface area contributed by atoms with Crippen molar-refractivity contribution in [2.75, 3.05) is 20.3 Å². The zero-order valence-electron chi connectivity index (χ0n) is 20.8. The Labute approximate surface area is 223 Å². The quantitative estimate of drug-likeness (QED) is 0.321. The van der Waals surface area contributed by atoms with Crippen LogP contribution in [0.1, 0.15) is 46.3 Å². The number of aliphatic hydroxyl groups is 2. The van der Waals surface area contributed by atoms with E-state index < -0.39 is 42.1 Å². The summed E-state index contributed by atoms with van der Waals surface area (Å²) in [6.45, 7) is 1.04. The average molecular weight is 564 g/mol. The number of methoxy groups -OCH3 is 1. The van der Waals surface area contributed by atoms with Crippen molar-refractivity contribution in [2.24, 2.45) is 5.73 Å². The fraction of sp³-hybridized carbons (Fsp3) is 0.360. The normalized spacial score (nSPS) is 20.5. The number of ether oxygens (including phenoxy) is 1. The standard InChI is InChI=1S/C25H24F3N5O5S/c1-12(29)20-19(22(35)33-11-24(36,9-13(33)10-34)23-30-7-8-39-23)32-21(38-20)15-3-5-16(37-2)18-14(15)4-6-17(31-18)25(26,27)28/h3-8,12-13,34,36H,9-11,29H2,1-2H3/t12-,13-,24-/m0/s1. The maximum atomic E-state index is 13.7. The predicted molar refractivity (Wildman–Crippen MR) is 134 cm³/mol. The molecule has 1 aliphatic rings. The van der Waals surface area contributed by atoms with Crippen LogP contribution in [0.4, 0.5) is 13.2 Å². The van der Waals surface area contributed by atoms with E-state index in [9.17, 15) is 28.2 Å². The Morgan fingerprint density at radius 1 is 1.33 bits per heavy atom. The van der Waals surface area contributed by atoms with Crippen LogP contribution in [0.15, 0.2) is 40.3 Å². The molecule has 1 saturated heterocycles. The molecule has 1 fully saturated rings. The molecule has 4 N–H and O–H groups in total. The third kappa shape index (κ3) is 4.73. The Morgan fingerprint density at radius 3 is 2.72 bits per heavy atom. The summed E-state index contributed by atoms with van der Waals surface area (Å²) in [5.74, 6) is -0.534. The van der Waals surface area contributed by atoms with Gasteiger partial charge in [-0.25, -0.2) is 15.0 Å². The zero-order valence-corrected chi connectivity index (χ0v) is 21.6. The van der Waals surface area contributed by atoms with E-state index in [1.165, 1.54) is 41.5 Å². The van der Waals surface area contributed by atoms with E-state index >= 15 is 0 Å². The minimum absolute atomic E-state index is 0.0419. The molecule has 206 valence electrons. The molecule has 14 heteroatoms. The summed E-state index contributed by atoms with van der Waals surface area (Å²) in [7, 11) is 1.31. The van der Waals surface area contributed by atoms with E-state index in [2.05, 4.69) is 15.0 Å². The number of amides is 1. The maximum Gasteiger partial charge on any atom is 0.433 e. The van der Waals surface area contributed by atoms with Gasteiger partial charge in [0.15, 0.2) is 11.5 Å². The van der Waals surface area contributed by atoms with Crippen molar-refractivity contribution in [1.29, 1.82) is 0 Å². The molecule has 3 atom stereocenters. The highest BCUT2D eigenvalue weighted by Crippen LogP contribution is 2.40. The van der Waals surface area contributed by atoms with E-state index in [0.29, 0.717) is 5.01 Å². The Balaban J connectivity index is 1.58. The molecule has 0 radical (unpaired) electrons. The van der Waals surface area contributed by atoms with Gasteiger partial charge in [0.1, 0.15) is 27.6 Å². The van der Waals surface area contributed by atoms with E-state index in [4.69, 9.17) is 14.9 Å². The van der Waals surface area contributed by atoms with Crippen molar-refractivity contribution in [3.05, 3.63) is 58.0 Å². The fourth-order valence-electron chi connectivity index (χ4n) is 4.73. The number of hydrogen-bond acceptors (Lipinski definition) is 10. The molecule has 0 bridgehead atoms. The monoisotopic (exact) mass is 563 g/mol. The van der Waals surface area contributed by atoms with Crippen molar-refractivity contribution in [1.82, 2.24) is 19.9 Å². The number of likely N-dealkylation sites (tertiary alicyclic amines) is 1. The van der Waals surface area contributed by atoms with Crippen LogP contribution in [0, 0.1) is 0 Å². The molecule has 0 spiro atoms. The summed E-state index contributed by atoms with van der Waals surface area (Å²) < 4.78 is 51.1. The molecular weight excluding hydrogens is 539 g/mol. The number of benzene rings is 1. The largest absolute Gasteiger partial charge is 0.494 e. The van der Waals surface area contributed by atoms with Gasteiger partial charge < -0.3 is 30.0 Å². The number of halogens is 3. The van der Waals surface area contributed by atoms with Crippen molar-refractivity contribution in [3.8, 4) is 17.2 Å². The first kappa shape index (κ1) is 27.0. The van der Waals surface area contributed by atoms with Gasteiger partial charge in [-0.3, -0.25) is 4.79 Å². The predicted octanol–water partition coefficient (Wildman–Crippen LogP) is 3.49. The average Bonchev–Trinajstić information content (AvgIpc) is 3.66. The highest BCUT2D eigenvalue weighted by Gasteiger charge is 2.48. The zero-order chi connectivity index (χ0) is 28.1. The molecule has 10 nitrogen and oxygen atoms in total. The molecule has 4 heterocycles. The number of pyridine rings is 1. The second kappa shape index (κ2) is 9.86. The number of carbonyl (C=O) groups is 1. The number of aliphatic hydroxyl groups excluding tert-OH is 1. The van der Waals surface area contributed by atoms with Crippen LogP contribution in [-0.4, -0.2) is 62.3 Å². The summed E-state index contributed by atoms with van der Waals surface area (Å²) in [4.78, 5) is 27.3. The molecule has 39 heavy (non-hydrogen) atoms. The third-order valence-electron chi connectivity index (χ3n) is 6.58. The maximum absolute atomic E-state index is 13.7. The molecule has 0 aliphatic carbocycles. The number of β-amino-alcohol motifs (C(OH)–C–C–N with tert-alkyl or cyclic N) is 1. The van der Waals surface area contributed by atoms with Crippen molar-refractivity contribution in [2.45, 2.75) is 37.2 Å². The van der Waals surface area contributed by atoms with Gasteiger partial charge >= 0.3 is 6.18 Å². The van der Waals surface area contributed by atoms with Gasteiger partial charge in [0.05, 0.1) is 32.3 Å². The lowest BCUT2D eigenvalue weighted by molar-refractivity contribution is -0.140. The van der Waals surface area contributed by atoms with Crippen LogP contribution in [0.2, 0.25) is 0 Å². The van der Waals surface area contributed by atoms with E-state index in [-0.39, 0.29) is 52.5 Å². The number of nitrogens with two attached hydrogens (primary N) is 1. The third-order valence-corrected chi connectivity index (χ3v) is 7.54. The van der Waals surface area contributed by atoms with Crippen LogP contribution < -0.4 is 10.5 Å². The fourth-order valence-corrected chi connectivity index (χ4v) is 5.47. The van der Waals surface area contributed by atoms with Gasteiger partial charge in [-0.1, -0.05) is 0 Å². The van der Waals surface area contributed by atoms with Gasteiger partial charge in [0.25, 0.3) is 5.91 Å². The minimum atomic E-state index is -4.67. The highest BCUT2D eigenvalue weighted by molar-refractivity contribution is 7.09. The molecule has 3 aromatic heterocycles. The van der Waals surface area contributed by atoms with Crippen LogP contribution in [0.5, 0.6) is 5.75 Å². The van der Waals surface area contributed by atoms with Gasteiger partial charge in [0.2, 0.25) is 5.89 Å². The number of alkyl halides is 3. The molecular formula is C25H24F3N5O5S. The number of nitrogens with zero attached hydrogens (tertiary/aromatic N) is 4. The first-order valence-corrected chi connectivity index (χ1v) is 12.7. The number of carbonyl (C=O) groups excluding carboxylic acids is 1. The van der Waals surface area contributed by atoms with Crippen molar-refractivity contribution >= 4 is 28.1 Å². The van der Waals surface area contributed by atoms with E-state index in [1.54, 1.807) is 18.5 Å². The number of oxazole rings is 1. The first-order valence-electron chi connectivity index (χ1n) is 11.8. The van der Waals surface area contributed by atoms with Gasteiger partial charge in [-0.2, -0.15) is 13.2 Å². The number of rotatable bonds is 6. The Morgan fingerprint density at radius 2 is 2.10 bits per heavy atom. The summed E-state index contributed by atoms with van der Waals surface area (Å²) in [5.41, 5.74) is 3.62. The van der Waals surface area contributed by atoms with Crippen LogP contribution in [0.25, 0.3) is 22.4 Å². The lowest BCUT2D eigenvalue weighted by Crippen LogP contribution is -2.39. The Hall–Kier alpha value is -3.59. The summed E-state index contributed by atoms with van der Waals surface area (Å²) in [6, 6.07) is 3.53.